The maximum absolute atomic E-state index is 3.32. The minimum atomic E-state index is 0. The normalized spacial score (nSPS) is 16.1. The minimum Gasteiger partial charge on any atom is -0.314 e. The molecule has 0 aliphatic heterocycles. The van der Waals surface area contributed by atoms with Crippen LogP contribution in [0.3, 0.4) is 0 Å². The predicted molar refractivity (Wildman–Crippen MR) is 41.2 cm³/mol. The fourth-order valence-electron chi connectivity index (χ4n) is 0.576. The Labute approximate surface area is 63.0 Å². The summed E-state index contributed by atoms with van der Waals surface area (Å²) in [7, 11) is 0. The molecule has 0 atom stereocenters. The first-order valence-electron chi connectivity index (χ1n) is 2.67. The van der Waals surface area contributed by atoms with Crippen LogP contribution in [0.5, 0.6) is 0 Å². The van der Waals surface area contributed by atoms with Crippen molar-refractivity contribution >= 4 is 24.8 Å². The van der Waals surface area contributed by atoms with Gasteiger partial charge in [-0.25, -0.2) is 0 Å². The summed E-state index contributed by atoms with van der Waals surface area (Å²) in [5, 5.41) is 3.32. The summed E-state index contributed by atoms with van der Waals surface area (Å²) in [6.07, 6.45) is 2.82. The van der Waals surface area contributed by atoms with Gasteiger partial charge in [-0.2, -0.15) is 0 Å². The van der Waals surface area contributed by atoms with Crippen molar-refractivity contribution < 1.29 is 0 Å². The van der Waals surface area contributed by atoms with Crippen LogP contribution >= 0.6 is 24.8 Å². The molecule has 1 saturated carbocycles. The summed E-state index contributed by atoms with van der Waals surface area (Å²) in [5.41, 5.74) is 0. The van der Waals surface area contributed by atoms with Crippen LogP contribution in [-0.4, -0.2) is 12.6 Å². The topological polar surface area (TPSA) is 12.0 Å². The van der Waals surface area contributed by atoms with Gasteiger partial charge in [0, 0.05) is 6.04 Å². The molecular formula is C5H13Cl2N. The molecule has 0 aromatic rings. The monoisotopic (exact) mass is 157 g/mol. The molecule has 1 N–H and O–H groups in total. The van der Waals surface area contributed by atoms with Crippen molar-refractivity contribution in [3.63, 3.8) is 0 Å². The first kappa shape index (κ1) is 11.4. The van der Waals surface area contributed by atoms with Crippen molar-refractivity contribution in [3.05, 3.63) is 0 Å². The summed E-state index contributed by atoms with van der Waals surface area (Å²) < 4.78 is 0. The Morgan fingerprint density at radius 2 is 1.88 bits per heavy atom. The van der Waals surface area contributed by atoms with Crippen molar-refractivity contribution in [1.82, 2.24) is 5.32 Å². The van der Waals surface area contributed by atoms with Gasteiger partial charge in [0.2, 0.25) is 0 Å². The van der Waals surface area contributed by atoms with E-state index in [-0.39, 0.29) is 24.8 Å². The largest absolute Gasteiger partial charge is 0.314 e. The molecule has 1 rings (SSSR count). The minimum absolute atomic E-state index is 0. The second-order valence-corrected chi connectivity index (χ2v) is 1.83. The van der Waals surface area contributed by atoms with Crippen LogP contribution in [0, 0.1) is 0 Å². The van der Waals surface area contributed by atoms with Gasteiger partial charge in [-0.15, -0.1) is 24.8 Å². The zero-order valence-electron chi connectivity index (χ0n) is 5.02. The molecule has 0 bridgehead atoms. The third kappa shape index (κ3) is 4.69. The quantitative estimate of drug-likeness (QED) is 0.643. The summed E-state index contributed by atoms with van der Waals surface area (Å²) in [6, 6.07) is 0.898. The van der Waals surface area contributed by atoms with Gasteiger partial charge in [-0.05, 0) is 19.4 Å². The predicted octanol–water partition coefficient (Wildman–Crippen LogP) is 1.60. The van der Waals surface area contributed by atoms with Crippen molar-refractivity contribution in [2.75, 3.05) is 6.54 Å². The summed E-state index contributed by atoms with van der Waals surface area (Å²) in [6.45, 7) is 3.29. The van der Waals surface area contributed by atoms with Crippen molar-refractivity contribution in [2.24, 2.45) is 0 Å². The van der Waals surface area contributed by atoms with Gasteiger partial charge >= 0.3 is 0 Å². The lowest BCUT2D eigenvalue weighted by atomic mass is 10.6. The maximum atomic E-state index is 3.32. The smallest absolute Gasteiger partial charge is 0.00681 e. The van der Waals surface area contributed by atoms with E-state index in [1.807, 2.05) is 0 Å². The molecule has 1 aliphatic rings. The Balaban J connectivity index is 0. The third-order valence-corrected chi connectivity index (χ3v) is 1.07. The molecule has 0 aromatic heterocycles. The molecule has 0 radical (unpaired) electrons. The molecule has 3 heteroatoms. The van der Waals surface area contributed by atoms with Crippen molar-refractivity contribution in [1.29, 1.82) is 0 Å². The molecule has 52 valence electrons. The highest BCUT2D eigenvalue weighted by Gasteiger charge is 2.18. The molecule has 0 amide bonds. The van der Waals surface area contributed by atoms with Gasteiger partial charge in [-0.3, -0.25) is 0 Å². The average molecular weight is 158 g/mol. The van der Waals surface area contributed by atoms with Crippen molar-refractivity contribution in [2.45, 2.75) is 25.8 Å². The zero-order valence-corrected chi connectivity index (χ0v) is 6.65. The lowest BCUT2D eigenvalue weighted by molar-refractivity contribution is 0.721. The Bertz CT molecular complexity index is 45.7. The van der Waals surface area contributed by atoms with Crippen LogP contribution in [0.2, 0.25) is 0 Å². The molecule has 8 heavy (non-hydrogen) atoms. The van der Waals surface area contributed by atoms with Crippen LogP contribution in [-0.2, 0) is 0 Å². The van der Waals surface area contributed by atoms with E-state index in [0.717, 1.165) is 12.6 Å². The number of hydrogen-bond acceptors (Lipinski definition) is 1. The Kier molecular flexibility index (Phi) is 8.05. The van der Waals surface area contributed by atoms with E-state index in [0.29, 0.717) is 0 Å². The zero-order chi connectivity index (χ0) is 4.41. The van der Waals surface area contributed by atoms with Gasteiger partial charge < -0.3 is 5.32 Å². The van der Waals surface area contributed by atoms with Crippen LogP contribution in [0.25, 0.3) is 0 Å². The molecule has 0 saturated heterocycles. The van der Waals surface area contributed by atoms with Crippen LogP contribution in [0.1, 0.15) is 19.8 Å². The highest BCUT2D eigenvalue weighted by molar-refractivity contribution is 5.85. The highest BCUT2D eigenvalue weighted by Crippen LogP contribution is 2.17. The second-order valence-electron chi connectivity index (χ2n) is 1.83. The Morgan fingerprint density at radius 3 is 2.00 bits per heavy atom. The molecule has 0 spiro atoms. The van der Waals surface area contributed by atoms with Crippen LogP contribution in [0.15, 0.2) is 0 Å². The van der Waals surface area contributed by atoms with E-state index in [1.54, 1.807) is 0 Å². The Morgan fingerprint density at radius 1 is 1.38 bits per heavy atom. The summed E-state index contributed by atoms with van der Waals surface area (Å²) >= 11 is 0. The molecule has 1 aliphatic carbocycles. The molecule has 0 heterocycles. The fraction of sp³-hybridized carbons (Fsp3) is 1.00. The van der Waals surface area contributed by atoms with Crippen LogP contribution in [0.4, 0.5) is 0 Å². The maximum Gasteiger partial charge on any atom is 0.00681 e. The molecule has 0 aromatic carbocycles. The lowest BCUT2D eigenvalue weighted by Crippen LogP contribution is -2.14. The van der Waals surface area contributed by atoms with Gasteiger partial charge in [0.05, 0.1) is 0 Å². The highest BCUT2D eigenvalue weighted by atomic mass is 35.5. The molecular weight excluding hydrogens is 145 g/mol. The number of rotatable bonds is 2. The standard InChI is InChI=1S/C5H11N.2ClH/c1-2-6-5-3-4-5;;/h5-6H,2-4H2,1H3;2*1H. The first-order valence-corrected chi connectivity index (χ1v) is 2.67. The van der Waals surface area contributed by atoms with E-state index < -0.39 is 0 Å². The van der Waals surface area contributed by atoms with Gasteiger partial charge in [0.15, 0.2) is 0 Å². The van der Waals surface area contributed by atoms with Crippen LogP contribution < -0.4 is 5.32 Å². The van der Waals surface area contributed by atoms with E-state index >= 15 is 0 Å². The number of halogens is 2. The first-order chi connectivity index (χ1) is 2.93. The number of hydrogen-bond donors (Lipinski definition) is 1. The SMILES string of the molecule is CCNC1CC1.Cl.Cl. The second kappa shape index (κ2) is 5.67. The summed E-state index contributed by atoms with van der Waals surface area (Å²) in [4.78, 5) is 0. The average Bonchev–Trinajstić information content (AvgIpc) is 2.21. The van der Waals surface area contributed by atoms with Gasteiger partial charge in [-0.1, -0.05) is 6.92 Å². The third-order valence-electron chi connectivity index (χ3n) is 1.07. The van der Waals surface area contributed by atoms with E-state index in [9.17, 15) is 0 Å². The summed E-state index contributed by atoms with van der Waals surface area (Å²) in [5.74, 6) is 0. The molecule has 1 fully saturated rings. The number of nitrogens with one attached hydrogen (secondary N) is 1. The van der Waals surface area contributed by atoms with Gasteiger partial charge in [0.1, 0.15) is 0 Å². The van der Waals surface area contributed by atoms with E-state index in [1.165, 1.54) is 12.8 Å². The van der Waals surface area contributed by atoms with E-state index in [2.05, 4.69) is 12.2 Å². The van der Waals surface area contributed by atoms with E-state index in [4.69, 9.17) is 0 Å². The fourth-order valence-corrected chi connectivity index (χ4v) is 0.576. The molecule has 1 nitrogen and oxygen atoms in total. The lowest BCUT2D eigenvalue weighted by Gasteiger charge is -1.89. The van der Waals surface area contributed by atoms with Crippen molar-refractivity contribution in [3.8, 4) is 0 Å². The molecule has 0 unspecified atom stereocenters. The Hall–Kier alpha value is 0.540. The van der Waals surface area contributed by atoms with Gasteiger partial charge in [0.25, 0.3) is 0 Å².